The maximum Gasteiger partial charge on any atom is 0.411 e. The van der Waals surface area contributed by atoms with Gasteiger partial charge in [-0.2, -0.15) is 0 Å². The largest absolute Gasteiger partial charge is 0.468 e. The number of carbonyl (C=O) groups excluding carboxylic acids is 2. The van der Waals surface area contributed by atoms with Gasteiger partial charge in [-0.1, -0.05) is 19.3 Å². The predicted molar refractivity (Wildman–Crippen MR) is 124 cm³/mol. The summed E-state index contributed by atoms with van der Waals surface area (Å²) in [6.07, 6.45) is 6.98. The second-order valence-electron chi connectivity index (χ2n) is 10.8. The van der Waals surface area contributed by atoms with E-state index in [2.05, 4.69) is 35.5 Å². The Bertz CT molecular complexity index is 630. The molecular weight excluding hydrogens is 408 g/mol. The summed E-state index contributed by atoms with van der Waals surface area (Å²) < 4.78 is 10.5. The van der Waals surface area contributed by atoms with E-state index >= 15 is 0 Å². The van der Waals surface area contributed by atoms with Gasteiger partial charge in [-0.25, -0.2) is 4.79 Å². The van der Waals surface area contributed by atoms with Crippen LogP contribution in [0.3, 0.4) is 0 Å². The van der Waals surface area contributed by atoms with Crippen LogP contribution in [0.2, 0.25) is 0 Å². The molecule has 3 fully saturated rings. The SMILES string of the molecule is COC(=O)CN1CCN(C2CN(C)C(=O)O2)C(CCCCC2CCN(C(C)(C)C)CC2)C1. The van der Waals surface area contributed by atoms with E-state index in [9.17, 15) is 9.59 Å². The van der Waals surface area contributed by atoms with Crippen molar-refractivity contribution < 1.29 is 19.1 Å². The number of amides is 1. The Balaban J connectivity index is 1.47. The Morgan fingerprint density at radius 3 is 2.34 bits per heavy atom. The number of rotatable bonds is 8. The zero-order chi connectivity index (χ0) is 23.3. The van der Waals surface area contributed by atoms with Gasteiger partial charge >= 0.3 is 12.1 Å². The lowest BCUT2D eigenvalue weighted by Crippen LogP contribution is -2.58. The highest BCUT2D eigenvalue weighted by atomic mass is 16.6. The Kier molecular flexibility index (Phi) is 8.81. The number of likely N-dealkylation sites (N-methyl/N-ethyl adjacent to an activating group) is 1. The molecule has 0 spiro atoms. The third-order valence-corrected chi connectivity index (χ3v) is 7.50. The maximum absolute atomic E-state index is 11.9. The summed E-state index contributed by atoms with van der Waals surface area (Å²) in [5, 5.41) is 0. The number of likely N-dealkylation sites (tertiary alicyclic amines) is 1. The van der Waals surface area contributed by atoms with Gasteiger partial charge < -0.3 is 14.4 Å². The molecular formula is C24H44N4O4. The average Bonchev–Trinajstić information content (AvgIpc) is 3.09. The van der Waals surface area contributed by atoms with Crippen LogP contribution in [0.1, 0.15) is 59.3 Å². The Morgan fingerprint density at radius 1 is 1.06 bits per heavy atom. The summed E-state index contributed by atoms with van der Waals surface area (Å²) in [5.41, 5.74) is 0.281. The third kappa shape index (κ3) is 6.81. The van der Waals surface area contributed by atoms with Gasteiger partial charge in [0.05, 0.1) is 20.2 Å². The quantitative estimate of drug-likeness (QED) is 0.414. The zero-order valence-corrected chi connectivity index (χ0v) is 20.8. The molecule has 2 atom stereocenters. The van der Waals surface area contributed by atoms with Crippen molar-refractivity contribution in [3.63, 3.8) is 0 Å². The van der Waals surface area contributed by atoms with Crippen molar-refractivity contribution in [1.29, 1.82) is 0 Å². The normalized spacial score (nSPS) is 27.0. The van der Waals surface area contributed by atoms with E-state index in [-0.39, 0.29) is 23.8 Å². The van der Waals surface area contributed by atoms with Crippen molar-refractivity contribution in [2.75, 3.05) is 60.0 Å². The molecule has 0 radical (unpaired) electrons. The first-order chi connectivity index (χ1) is 15.2. The zero-order valence-electron chi connectivity index (χ0n) is 20.8. The number of carbonyl (C=O) groups is 2. The minimum atomic E-state index is -0.243. The molecule has 1 amide bonds. The van der Waals surface area contributed by atoms with Crippen LogP contribution in [0, 0.1) is 5.92 Å². The maximum atomic E-state index is 11.9. The van der Waals surface area contributed by atoms with Gasteiger partial charge in [0.1, 0.15) is 0 Å². The van der Waals surface area contributed by atoms with E-state index < -0.39 is 0 Å². The van der Waals surface area contributed by atoms with Crippen molar-refractivity contribution in [3.05, 3.63) is 0 Å². The van der Waals surface area contributed by atoms with Crippen LogP contribution in [0.15, 0.2) is 0 Å². The molecule has 2 unspecified atom stereocenters. The van der Waals surface area contributed by atoms with E-state index in [1.165, 1.54) is 52.3 Å². The molecule has 0 N–H and O–H groups in total. The summed E-state index contributed by atoms with van der Waals surface area (Å²) in [4.78, 5) is 32.5. The van der Waals surface area contributed by atoms with Crippen molar-refractivity contribution in [2.45, 2.75) is 77.1 Å². The van der Waals surface area contributed by atoms with Gasteiger partial charge in [-0.05, 0) is 59.0 Å². The summed E-state index contributed by atoms with van der Waals surface area (Å²) in [6.45, 7) is 12.7. The first-order valence-corrected chi connectivity index (χ1v) is 12.4. The monoisotopic (exact) mass is 452 g/mol. The van der Waals surface area contributed by atoms with Gasteiger partial charge in [-0.3, -0.25) is 19.5 Å². The third-order valence-electron chi connectivity index (χ3n) is 7.50. The fourth-order valence-electron chi connectivity index (χ4n) is 5.39. The van der Waals surface area contributed by atoms with Crippen LogP contribution in [0.4, 0.5) is 4.79 Å². The molecule has 184 valence electrons. The van der Waals surface area contributed by atoms with Gasteiger partial charge in [0.2, 0.25) is 0 Å². The number of piperidine rings is 1. The molecule has 32 heavy (non-hydrogen) atoms. The number of unbranched alkanes of at least 4 members (excludes halogenated alkanes) is 1. The van der Waals surface area contributed by atoms with E-state index in [1.807, 2.05) is 0 Å². The smallest absolute Gasteiger partial charge is 0.411 e. The highest BCUT2D eigenvalue weighted by Crippen LogP contribution is 2.28. The standard InChI is InChI=1S/C24H44N4O4/c1-24(2,3)27-12-10-19(11-13-27)8-6-7-9-20-16-26(18-22(29)31-5)14-15-28(20)21-17-25(4)23(30)32-21/h19-21H,6-18H2,1-5H3. The summed E-state index contributed by atoms with van der Waals surface area (Å²) >= 11 is 0. The Morgan fingerprint density at radius 2 is 1.75 bits per heavy atom. The minimum absolute atomic E-state index is 0.181. The minimum Gasteiger partial charge on any atom is -0.468 e. The molecule has 8 nitrogen and oxygen atoms in total. The lowest BCUT2D eigenvalue weighted by Gasteiger charge is -2.43. The molecule has 3 aliphatic heterocycles. The highest BCUT2D eigenvalue weighted by molar-refractivity contribution is 5.71. The van der Waals surface area contributed by atoms with Crippen LogP contribution >= 0.6 is 0 Å². The molecule has 3 aliphatic rings. The van der Waals surface area contributed by atoms with Crippen molar-refractivity contribution in [3.8, 4) is 0 Å². The topological polar surface area (TPSA) is 65.6 Å². The van der Waals surface area contributed by atoms with Crippen LogP contribution in [-0.2, 0) is 14.3 Å². The van der Waals surface area contributed by atoms with Gasteiger partial charge in [0.25, 0.3) is 0 Å². The van der Waals surface area contributed by atoms with E-state index in [1.54, 1.807) is 11.9 Å². The van der Waals surface area contributed by atoms with Gasteiger partial charge in [-0.15, -0.1) is 0 Å². The number of ether oxygens (including phenoxy) is 2. The number of nitrogens with zero attached hydrogens (tertiary/aromatic N) is 4. The first kappa shape index (κ1) is 25.2. The van der Waals surface area contributed by atoms with Crippen molar-refractivity contribution in [2.24, 2.45) is 5.92 Å². The second kappa shape index (κ2) is 11.2. The molecule has 0 aromatic carbocycles. The summed E-state index contributed by atoms with van der Waals surface area (Å²) in [6, 6.07) is 0.292. The number of hydrogen-bond donors (Lipinski definition) is 0. The van der Waals surface area contributed by atoms with Crippen molar-refractivity contribution >= 4 is 12.1 Å². The lowest BCUT2D eigenvalue weighted by atomic mass is 9.88. The van der Waals surface area contributed by atoms with Crippen LogP contribution in [0.5, 0.6) is 0 Å². The first-order valence-electron chi connectivity index (χ1n) is 12.4. The average molecular weight is 453 g/mol. The molecule has 0 aromatic rings. The number of hydrogen-bond acceptors (Lipinski definition) is 7. The number of piperazine rings is 1. The van der Waals surface area contributed by atoms with E-state index in [0.717, 1.165) is 32.0 Å². The van der Waals surface area contributed by atoms with E-state index in [4.69, 9.17) is 9.47 Å². The molecule has 0 aliphatic carbocycles. The fourth-order valence-corrected chi connectivity index (χ4v) is 5.39. The number of methoxy groups -OCH3 is 1. The number of cyclic esters (lactones) is 1. The van der Waals surface area contributed by atoms with Crippen LogP contribution < -0.4 is 0 Å². The molecule has 8 heteroatoms. The second-order valence-corrected chi connectivity index (χ2v) is 10.8. The number of esters is 1. The molecule has 0 saturated carbocycles. The molecule has 0 bridgehead atoms. The summed E-state index contributed by atoms with van der Waals surface area (Å²) in [5.74, 6) is 0.655. The van der Waals surface area contributed by atoms with Gasteiger partial charge in [0.15, 0.2) is 6.23 Å². The molecule has 3 heterocycles. The summed E-state index contributed by atoms with van der Waals surface area (Å²) in [7, 11) is 3.23. The predicted octanol–water partition coefficient (Wildman–Crippen LogP) is 2.62. The van der Waals surface area contributed by atoms with E-state index in [0.29, 0.717) is 19.1 Å². The Hall–Kier alpha value is -1.38. The Labute approximate surface area is 194 Å². The van der Waals surface area contributed by atoms with Gasteiger partial charge in [0, 0.05) is 38.3 Å². The molecule has 0 aromatic heterocycles. The lowest BCUT2D eigenvalue weighted by molar-refractivity contribution is -0.143. The van der Waals surface area contributed by atoms with Crippen LogP contribution in [0.25, 0.3) is 0 Å². The fraction of sp³-hybridized carbons (Fsp3) is 0.917. The highest BCUT2D eigenvalue weighted by Gasteiger charge is 2.39. The van der Waals surface area contributed by atoms with Crippen LogP contribution in [-0.4, -0.2) is 109 Å². The molecule has 3 saturated heterocycles. The van der Waals surface area contributed by atoms with Crippen molar-refractivity contribution in [1.82, 2.24) is 19.6 Å². The molecule has 3 rings (SSSR count).